The summed E-state index contributed by atoms with van der Waals surface area (Å²) < 4.78 is 2.02. The molecule has 4 nitrogen and oxygen atoms in total. The lowest BCUT2D eigenvalue weighted by atomic mass is 9.78. The number of carbonyl (C=O) groups excluding carboxylic acids is 1. The van der Waals surface area contributed by atoms with Gasteiger partial charge in [-0.25, -0.2) is 4.98 Å². The number of piperidine rings is 1. The van der Waals surface area contributed by atoms with Gasteiger partial charge in [-0.1, -0.05) is 12.8 Å². The summed E-state index contributed by atoms with van der Waals surface area (Å²) in [6, 6.07) is 4.76. The van der Waals surface area contributed by atoms with Crippen LogP contribution in [-0.4, -0.2) is 32.9 Å². The molecule has 2 aromatic rings. The first-order valence-electron chi connectivity index (χ1n) is 9.35. The highest BCUT2D eigenvalue weighted by Crippen LogP contribution is 2.35. The molecular formula is C20H27N3O. The van der Waals surface area contributed by atoms with Crippen molar-refractivity contribution in [3.8, 4) is 0 Å². The molecule has 2 atom stereocenters. The van der Waals surface area contributed by atoms with Crippen LogP contribution in [0.4, 0.5) is 0 Å². The monoisotopic (exact) mass is 325 g/mol. The van der Waals surface area contributed by atoms with Gasteiger partial charge in [-0.05, 0) is 68.7 Å². The van der Waals surface area contributed by atoms with E-state index in [4.69, 9.17) is 0 Å². The van der Waals surface area contributed by atoms with Crippen molar-refractivity contribution in [3.05, 3.63) is 29.6 Å². The van der Waals surface area contributed by atoms with E-state index in [1.54, 1.807) is 0 Å². The van der Waals surface area contributed by atoms with Crippen molar-refractivity contribution in [1.82, 2.24) is 14.5 Å². The molecule has 1 saturated heterocycles. The maximum absolute atomic E-state index is 13.0. The molecule has 1 saturated carbocycles. The van der Waals surface area contributed by atoms with Gasteiger partial charge in [-0.3, -0.25) is 4.79 Å². The van der Waals surface area contributed by atoms with Crippen LogP contribution in [0.1, 0.15) is 49.7 Å². The van der Waals surface area contributed by atoms with E-state index < -0.39 is 0 Å². The van der Waals surface area contributed by atoms with Crippen molar-refractivity contribution in [2.45, 2.75) is 65.0 Å². The van der Waals surface area contributed by atoms with Gasteiger partial charge < -0.3 is 9.47 Å². The Kier molecular flexibility index (Phi) is 4.07. The number of fused-ring (bicyclic) bond motifs is 2. The third kappa shape index (κ3) is 2.72. The van der Waals surface area contributed by atoms with E-state index in [0.29, 0.717) is 12.6 Å². The number of benzene rings is 1. The molecule has 1 aromatic heterocycles. The molecule has 128 valence electrons. The first-order valence-corrected chi connectivity index (χ1v) is 9.35. The van der Waals surface area contributed by atoms with Crippen LogP contribution in [-0.2, 0) is 11.3 Å². The Morgan fingerprint density at radius 3 is 2.75 bits per heavy atom. The van der Waals surface area contributed by atoms with Gasteiger partial charge in [0.05, 0.1) is 17.4 Å². The Balaban J connectivity index is 1.56. The largest absolute Gasteiger partial charge is 0.338 e. The van der Waals surface area contributed by atoms with E-state index in [1.807, 2.05) is 10.9 Å². The maximum atomic E-state index is 13.0. The van der Waals surface area contributed by atoms with Gasteiger partial charge in [0.2, 0.25) is 5.91 Å². The lowest BCUT2D eigenvalue weighted by molar-refractivity contribution is -0.138. The summed E-state index contributed by atoms with van der Waals surface area (Å²) in [5, 5.41) is 0. The van der Waals surface area contributed by atoms with E-state index in [2.05, 4.69) is 35.9 Å². The van der Waals surface area contributed by atoms with E-state index in [0.717, 1.165) is 29.9 Å². The van der Waals surface area contributed by atoms with E-state index in [1.165, 1.54) is 43.2 Å². The quantitative estimate of drug-likeness (QED) is 0.841. The first kappa shape index (κ1) is 15.7. The fraction of sp³-hybridized carbons (Fsp3) is 0.600. The molecule has 0 unspecified atom stereocenters. The SMILES string of the molecule is Cc1cc2ncn(CC(=O)N3CCC[C@@H]4CCCC[C@H]43)c2cc1C. The Bertz CT molecular complexity index is 762. The summed E-state index contributed by atoms with van der Waals surface area (Å²) in [5.74, 6) is 1.00. The maximum Gasteiger partial charge on any atom is 0.242 e. The molecule has 1 amide bonds. The highest BCUT2D eigenvalue weighted by molar-refractivity contribution is 5.81. The number of likely N-dealkylation sites (tertiary alicyclic amines) is 1. The van der Waals surface area contributed by atoms with Gasteiger partial charge >= 0.3 is 0 Å². The van der Waals surface area contributed by atoms with Crippen LogP contribution in [0.5, 0.6) is 0 Å². The van der Waals surface area contributed by atoms with Crippen molar-refractivity contribution in [3.63, 3.8) is 0 Å². The zero-order valence-electron chi connectivity index (χ0n) is 14.8. The van der Waals surface area contributed by atoms with Crippen LogP contribution in [0.3, 0.4) is 0 Å². The van der Waals surface area contributed by atoms with Crippen LogP contribution >= 0.6 is 0 Å². The lowest BCUT2D eigenvalue weighted by Gasteiger charge is -2.44. The molecular weight excluding hydrogens is 298 g/mol. The predicted molar refractivity (Wildman–Crippen MR) is 95.9 cm³/mol. The highest BCUT2D eigenvalue weighted by atomic mass is 16.2. The number of imidazole rings is 1. The predicted octanol–water partition coefficient (Wildman–Crippen LogP) is 3.83. The summed E-state index contributed by atoms with van der Waals surface area (Å²) in [6.45, 7) is 5.58. The van der Waals surface area contributed by atoms with Gasteiger partial charge in [0.25, 0.3) is 0 Å². The molecule has 0 N–H and O–H groups in total. The zero-order chi connectivity index (χ0) is 16.7. The number of hydrogen-bond acceptors (Lipinski definition) is 2. The molecule has 4 rings (SSSR count). The van der Waals surface area contributed by atoms with Crippen molar-refractivity contribution in [2.24, 2.45) is 5.92 Å². The fourth-order valence-electron chi connectivity index (χ4n) is 4.61. The standard InChI is InChI=1S/C20H27N3O/c1-14-10-17-19(11-15(14)2)22(13-21-17)12-20(24)23-9-5-7-16-6-3-4-8-18(16)23/h10-11,13,16,18H,3-9,12H2,1-2H3/t16-,18+/m0/s1. The van der Waals surface area contributed by atoms with Gasteiger partial charge in [0.1, 0.15) is 6.54 Å². The Morgan fingerprint density at radius 1 is 1.12 bits per heavy atom. The van der Waals surface area contributed by atoms with Crippen LogP contribution < -0.4 is 0 Å². The summed E-state index contributed by atoms with van der Waals surface area (Å²) in [5.41, 5.74) is 4.56. The Labute approximate surface area is 143 Å². The third-order valence-corrected chi connectivity index (χ3v) is 6.11. The second kappa shape index (κ2) is 6.23. The van der Waals surface area contributed by atoms with Crippen molar-refractivity contribution >= 4 is 16.9 Å². The van der Waals surface area contributed by atoms with Gasteiger partial charge in [0, 0.05) is 12.6 Å². The molecule has 0 bridgehead atoms. The third-order valence-electron chi connectivity index (χ3n) is 6.11. The number of nitrogens with zero attached hydrogens (tertiary/aromatic N) is 3. The summed E-state index contributed by atoms with van der Waals surface area (Å²) in [6.07, 6.45) is 9.41. The molecule has 0 radical (unpaired) electrons. The second-order valence-electron chi connectivity index (χ2n) is 7.64. The van der Waals surface area contributed by atoms with Gasteiger partial charge in [-0.2, -0.15) is 0 Å². The molecule has 0 spiro atoms. The number of amides is 1. The van der Waals surface area contributed by atoms with Crippen LogP contribution in [0, 0.1) is 19.8 Å². The van der Waals surface area contributed by atoms with E-state index in [9.17, 15) is 4.79 Å². The summed E-state index contributed by atoms with van der Waals surface area (Å²) in [4.78, 5) is 19.7. The summed E-state index contributed by atoms with van der Waals surface area (Å²) in [7, 11) is 0. The summed E-state index contributed by atoms with van der Waals surface area (Å²) >= 11 is 0. The smallest absolute Gasteiger partial charge is 0.242 e. The molecule has 4 heteroatoms. The topological polar surface area (TPSA) is 38.1 Å². The van der Waals surface area contributed by atoms with Crippen molar-refractivity contribution in [2.75, 3.05) is 6.54 Å². The minimum absolute atomic E-state index is 0.268. The number of aryl methyl sites for hydroxylation is 2. The Morgan fingerprint density at radius 2 is 1.88 bits per heavy atom. The second-order valence-corrected chi connectivity index (χ2v) is 7.64. The zero-order valence-corrected chi connectivity index (χ0v) is 14.8. The average molecular weight is 325 g/mol. The number of hydrogen-bond donors (Lipinski definition) is 0. The molecule has 2 aliphatic rings. The fourth-order valence-corrected chi connectivity index (χ4v) is 4.61. The van der Waals surface area contributed by atoms with E-state index in [-0.39, 0.29) is 5.91 Å². The molecule has 1 aromatic carbocycles. The van der Waals surface area contributed by atoms with Crippen LogP contribution in [0.15, 0.2) is 18.5 Å². The lowest BCUT2D eigenvalue weighted by Crippen LogP contribution is -2.50. The number of aromatic nitrogens is 2. The van der Waals surface area contributed by atoms with Crippen molar-refractivity contribution < 1.29 is 4.79 Å². The molecule has 1 aliphatic carbocycles. The Hall–Kier alpha value is -1.84. The highest BCUT2D eigenvalue weighted by Gasteiger charge is 2.35. The van der Waals surface area contributed by atoms with Crippen LogP contribution in [0.2, 0.25) is 0 Å². The van der Waals surface area contributed by atoms with Crippen molar-refractivity contribution in [1.29, 1.82) is 0 Å². The van der Waals surface area contributed by atoms with Gasteiger partial charge in [-0.15, -0.1) is 0 Å². The molecule has 2 heterocycles. The minimum Gasteiger partial charge on any atom is -0.338 e. The van der Waals surface area contributed by atoms with E-state index >= 15 is 0 Å². The number of carbonyl (C=O) groups is 1. The van der Waals surface area contributed by atoms with Gasteiger partial charge in [0.15, 0.2) is 0 Å². The van der Waals surface area contributed by atoms with Crippen LogP contribution in [0.25, 0.3) is 11.0 Å². The normalized spacial score (nSPS) is 24.2. The minimum atomic E-state index is 0.268. The molecule has 24 heavy (non-hydrogen) atoms. The molecule has 1 aliphatic heterocycles. The molecule has 2 fully saturated rings. The average Bonchev–Trinajstić information content (AvgIpc) is 2.96. The first-order chi connectivity index (χ1) is 11.6. The number of rotatable bonds is 2.